The summed E-state index contributed by atoms with van der Waals surface area (Å²) < 4.78 is 0. The largest absolute Gasteiger partial charge is 0.477 e. The summed E-state index contributed by atoms with van der Waals surface area (Å²) in [6, 6.07) is 2.70. The SMILES string of the molecule is C#CCON=C(C(=O)NC1C(=O)N2C(C(=O)O)=C(S/C=C\c3cccnc3)CS[C@@H]12)c1csc(N)n1. The number of rotatable bonds is 9. The number of nitrogen functional groups attached to an aromatic ring is 1. The number of hydrogen-bond acceptors (Lipinski definition) is 11. The van der Waals surface area contributed by atoms with Gasteiger partial charge >= 0.3 is 5.97 Å². The molecule has 1 unspecified atom stereocenters. The molecule has 4 rings (SSSR count). The summed E-state index contributed by atoms with van der Waals surface area (Å²) in [6.07, 6.45) is 10.3. The van der Waals surface area contributed by atoms with E-state index in [1.807, 2.05) is 6.07 Å². The number of nitrogens with one attached hydrogen (secondary N) is 1. The summed E-state index contributed by atoms with van der Waals surface area (Å²) in [4.78, 5) is 52.6. The van der Waals surface area contributed by atoms with Crippen molar-refractivity contribution in [3.05, 3.63) is 57.2 Å². The molecule has 2 amide bonds. The summed E-state index contributed by atoms with van der Waals surface area (Å²) in [5.74, 6) is 0.0813. The molecule has 0 aliphatic carbocycles. The third-order valence-electron chi connectivity index (χ3n) is 4.86. The highest BCUT2D eigenvalue weighted by atomic mass is 32.2. The van der Waals surface area contributed by atoms with E-state index < -0.39 is 29.2 Å². The van der Waals surface area contributed by atoms with Crippen LogP contribution in [0.4, 0.5) is 5.13 Å². The highest BCUT2D eigenvalue weighted by molar-refractivity contribution is 8.08. The first kappa shape index (κ1) is 25.3. The molecule has 0 bridgehead atoms. The number of carboxylic acids is 1. The molecule has 1 fully saturated rings. The van der Waals surface area contributed by atoms with Crippen LogP contribution in [0.25, 0.3) is 6.08 Å². The van der Waals surface area contributed by atoms with E-state index in [1.54, 1.807) is 29.9 Å². The molecule has 14 heteroatoms. The van der Waals surface area contributed by atoms with E-state index >= 15 is 0 Å². The Bertz CT molecular complexity index is 1320. The fourth-order valence-electron chi connectivity index (χ4n) is 3.30. The Balaban J connectivity index is 1.49. The van der Waals surface area contributed by atoms with Crippen LogP contribution in [0.3, 0.4) is 0 Å². The first-order chi connectivity index (χ1) is 17.4. The van der Waals surface area contributed by atoms with E-state index in [9.17, 15) is 19.5 Å². The number of oxime groups is 1. The van der Waals surface area contributed by atoms with Crippen molar-refractivity contribution in [1.82, 2.24) is 20.2 Å². The normalized spacial score (nSPS) is 19.5. The topological polar surface area (TPSA) is 160 Å². The van der Waals surface area contributed by atoms with Gasteiger partial charge in [-0.05, 0) is 23.1 Å². The molecule has 2 atom stereocenters. The van der Waals surface area contributed by atoms with E-state index in [1.165, 1.54) is 33.8 Å². The number of carbonyl (C=O) groups excluding carboxylic acids is 2. The molecule has 2 aromatic rings. The molecule has 4 heterocycles. The molecule has 0 saturated carbocycles. The molecule has 2 aliphatic heterocycles. The second-order valence-electron chi connectivity index (χ2n) is 7.13. The van der Waals surface area contributed by atoms with Crippen molar-refractivity contribution in [2.24, 2.45) is 5.16 Å². The molecule has 2 aromatic heterocycles. The van der Waals surface area contributed by atoms with Crippen LogP contribution in [0.15, 0.2) is 51.1 Å². The standard InChI is InChI=1S/C22H18N6O5S3/c1-2-7-33-27-15(13-10-36-22(23)25-13)18(29)26-16-19(30)28-17(21(31)32)14(11-35-20(16)28)34-8-5-12-4-3-6-24-9-12/h1,3-6,8-10,16,20H,7,11H2,(H2,23,25)(H,26,29)(H,31,32)/b8-5-,27-15?/t16?,20-/m0/s1. The molecule has 0 aromatic carbocycles. The zero-order valence-corrected chi connectivity index (χ0v) is 20.8. The summed E-state index contributed by atoms with van der Waals surface area (Å²) in [6.45, 7) is -0.173. The molecule has 184 valence electrons. The van der Waals surface area contributed by atoms with E-state index in [4.69, 9.17) is 17.0 Å². The molecule has 4 N–H and O–H groups in total. The number of aromatic nitrogens is 2. The average Bonchev–Trinajstić information content (AvgIpc) is 3.30. The van der Waals surface area contributed by atoms with Gasteiger partial charge in [0.05, 0.1) is 0 Å². The molecule has 0 radical (unpaired) electrons. The van der Waals surface area contributed by atoms with Gasteiger partial charge in [0, 0.05) is 28.4 Å². The van der Waals surface area contributed by atoms with E-state index in [0.717, 1.165) is 16.9 Å². The number of fused-ring (bicyclic) bond motifs is 1. The first-order valence-corrected chi connectivity index (χ1v) is 13.0. The number of amides is 2. The Morgan fingerprint density at radius 2 is 2.33 bits per heavy atom. The lowest BCUT2D eigenvalue weighted by Crippen LogP contribution is -2.71. The Kier molecular flexibility index (Phi) is 7.93. The molecule has 0 spiro atoms. The lowest BCUT2D eigenvalue weighted by atomic mass is 10.0. The number of thiazole rings is 1. The predicted molar refractivity (Wildman–Crippen MR) is 138 cm³/mol. The van der Waals surface area contributed by atoms with Gasteiger partial charge in [0.2, 0.25) is 0 Å². The van der Waals surface area contributed by atoms with Crippen molar-refractivity contribution < 1.29 is 24.3 Å². The van der Waals surface area contributed by atoms with Gasteiger partial charge in [0.25, 0.3) is 11.8 Å². The third-order valence-corrected chi connectivity index (χ3v) is 7.89. The maximum absolute atomic E-state index is 12.9. The Morgan fingerprint density at radius 3 is 3.00 bits per heavy atom. The number of thioether (sulfide) groups is 2. The van der Waals surface area contributed by atoms with E-state index in [2.05, 4.69) is 26.4 Å². The molecular formula is C22H18N6O5S3. The van der Waals surface area contributed by atoms with Crippen molar-refractivity contribution in [3.63, 3.8) is 0 Å². The Hall–Kier alpha value is -3.80. The van der Waals surface area contributed by atoms with Crippen LogP contribution in [0.5, 0.6) is 0 Å². The van der Waals surface area contributed by atoms with Crippen LogP contribution in [0, 0.1) is 12.3 Å². The quantitative estimate of drug-likeness (QED) is 0.140. The van der Waals surface area contributed by atoms with Crippen molar-refractivity contribution in [2.75, 3.05) is 18.1 Å². The van der Waals surface area contributed by atoms with Crippen molar-refractivity contribution >= 4 is 69.6 Å². The van der Waals surface area contributed by atoms with Crippen molar-refractivity contribution in [2.45, 2.75) is 11.4 Å². The molecular weight excluding hydrogens is 524 g/mol. The number of pyridine rings is 1. The average molecular weight is 543 g/mol. The lowest BCUT2D eigenvalue weighted by molar-refractivity contribution is -0.150. The summed E-state index contributed by atoms with van der Waals surface area (Å²) in [7, 11) is 0. The predicted octanol–water partition coefficient (Wildman–Crippen LogP) is 1.57. The number of nitrogens with two attached hydrogens (primary N) is 1. The zero-order valence-electron chi connectivity index (χ0n) is 18.4. The van der Waals surface area contributed by atoms with Gasteiger partial charge in [-0.25, -0.2) is 9.78 Å². The van der Waals surface area contributed by atoms with Crippen LogP contribution in [-0.4, -0.2) is 67.2 Å². The second-order valence-corrected chi connectivity index (χ2v) is 10.1. The Labute approximate surface area is 217 Å². The smallest absolute Gasteiger partial charge is 0.353 e. The minimum absolute atomic E-state index is 0.103. The van der Waals surface area contributed by atoms with Gasteiger partial charge in [-0.15, -0.1) is 29.5 Å². The molecule has 36 heavy (non-hydrogen) atoms. The minimum Gasteiger partial charge on any atom is -0.477 e. The van der Waals surface area contributed by atoms with E-state index in [0.29, 0.717) is 10.7 Å². The minimum atomic E-state index is -1.22. The zero-order chi connectivity index (χ0) is 25.7. The third kappa shape index (κ3) is 5.38. The van der Waals surface area contributed by atoms with Crippen LogP contribution < -0.4 is 11.1 Å². The van der Waals surface area contributed by atoms with Gasteiger partial charge in [-0.3, -0.25) is 19.5 Å². The summed E-state index contributed by atoms with van der Waals surface area (Å²) in [5, 5.41) is 19.1. The summed E-state index contributed by atoms with van der Waals surface area (Å²) in [5.41, 5.74) is 6.38. The van der Waals surface area contributed by atoms with Gasteiger partial charge in [0.15, 0.2) is 17.5 Å². The maximum atomic E-state index is 12.9. The van der Waals surface area contributed by atoms with Gasteiger partial charge < -0.3 is 21.0 Å². The highest BCUT2D eigenvalue weighted by Gasteiger charge is 2.54. The number of anilines is 1. The van der Waals surface area contributed by atoms with Crippen LogP contribution in [0.2, 0.25) is 0 Å². The van der Waals surface area contributed by atoms with Crippen molar-refractivity contribution in [1.29, 1.82) is 0 Å². The highest BCUT2D eigenvalue weighted by Crippen LogP contribution is 2.43. The number of aliphatic carboxylic acids is 1. The van der Waals surface area contributed by atoms with Gasteiger partial charge in [-0.2, -0.15) is 0 Å². The monoisotopic (exact) mass is 542 g/mol. The van der Waals surface area contributed by atoms with Crippen LogP contribution >= 0.6 is 34.9 Å². The lowest BCUT2D eigenvalue weighted by Gasteiger charge is -2.49. The van der Waals surface area contributed by atoms with E-state index in [-0.39, 0.29) is 28.8 Å². The number of nitrogens with zero attached hydrogens (tertiary/aromatic N) is 4. The van der Waals surface area contributed by atoms with Crippen LogP contribution in [-0.2, 0) is 19.2 Å². The summed E-state index contributed by atoms with van der Waals surface area (Å²) >= 11 is 3.67. The maximum Gasteiger partial charge on any atom is 0.353 e. The fourth-order valence-corrected chi connectivity index (χ4v) is 6.20. The second kappa shape index (κ2) is 11.3. The van der Waals surface area contributed by atoms with Crippen molar-refractivity contribution in [3.8, 4) is 12.3 Å². The first-order valence-electron chi connectivity index (χ1n) is 10.2. The Morgan fingerprint density at radius 1 is 1.50 bits per heavy atom. The molecule has 2 aliphatic rings. The fraction of sp³-hybridized carbons (Fsp3) is 0.182. The number of β-lactam (4-membered cyclic amide) rings is 1. The number of hydrogen-bond donors (Lipinski definition) is 3. The van der Waals surface area contributed by atoms with Gasteiger partial charge in [0.1, 0.15) is 22.8 Å². The number of terminal acetylenes is 1. The molecule has 11 nitrogen and oxygen atoms in total. The molecule has 1 saturated heterocycles. The number of carbonyl (C=O) groups is 3. The number of carboxylic acid groups (broad SMARTS) is 1. The van der Waals surface area contributed by atoms with Crippen LogP contribution in [0.1, 0.15) is 11.3 Å². The van der Waals surface area contributed by atoms with Gasteiger partial charge in [-0.1, -0.05) is 28.9 Å².